The Morgan fingerprint density at radius 2 is 0.737 bits per heavy atom. The zero-order valence-corrected chi connectivity index (χ0v) is 31.9. The lowest BCUT2D eigenvalue weighted by atomic mass is 10.0. The van der Waals surface area contributed by atoms with Gasteiger partial charge in [-0.2, -0.15) is 0 Å². The average molecular weight is 745 g/mol. The van der Waals surface area contributed by atoms with Gasteiger partial charge in [0, 0.05) is 52.5 Å². The Balaban J connectivity index is 1.04. The van der Waals surface area contributed by atoms with Gasteiger partial charge in [0.25, 0.3) is 0 Å². The Kier molecular flexibility index (Phi) is 7.05. The van der Waals surface area contributed by atoms with Crippen LogP contribution in [0, 0.1) is 0 Å². The summed E-state index contributed by atoms with van der Waals surface area (Å²) in [5.74, 6) is 0. The van der Waals surface area contributed by atoms with E-state index < -0.39 is 10.0 Å². The van der Waals surface area contributed by atoms with E-state index in [-0.39, 0.29) is 0 Å². The first-order valence-electron chi connectivity index (χ1n) is 19.6. The first-order valence-corrected chi connectivity index (χ1v) is 21.2. The molecule has 0 aliphatic carbocycles. The van der Waals surface area contributed by atoms with Crippen LogP contribution in [0.15, 0.2) is 238 Å². The van der Waals surface area contributed by atoms with Gasteiger partial charge < -0.3 is 9.13 Å². The van der Waals surface area contributed by atoms with Crippen molar-refractivity contribution in [2.75, 3.05) is 0 Å². The van der Waals surface area contributed by atoms with Crippen LogP contribution in [0.25, 0.3) is 77.2 Å². The molecule has 0 atom stereocenters. The highest BCUT2D eigenvalue weighted by molar-refractivity contribution is 8.34. The highest BCUT2D eigenvalue weighted by atomic mass is 32.3. The van der Waals surface area contributed by atoms with Gasteiger partial charge in [0.2, 0.25) is 0 Å². The zero-order chi connectivity index (χ0) is 37.5. The molecule has 268 valence electrons. The number of hydrogen-bond acceptors (Lipinski definition) is 0. The summed E-state index contributed by atoms with van der Waals surface area (Å²) >= 11 is 0. The molecule has 0 fully saturated rings. The van der Waals surface area contributed by atoms with Gasteiger partial charge in [-0.1, -0.05) is 121 Å². The molecular weight excluding hydrogens is 709 g/mol. The molecule has 0 N–H and O–H groups in total. The third-order valence-corrected chi connectivity index (χ3v) is 15.9. The summed E-state index contributed by atoms with van der Waals surface area (Å²) in [4.78, 5) is 5.53. The number of para-hydroxylation sites is 3. The van der Waals surface area contributed by atoms with Crippen LogP contribution in [-0.4, -0.2) is 9.13 Å². The van der Waals surface area contributed by atoms with Crippen molar-refractivity contribution in [2.24, 2.45) is 0 Å². The highest BCUT2D eigenvalue weighted by Gasteiger charge is 2.42. The molecule has 0 saturated heterocycles. The molecule has 0 saturated carbocycles. The number of nitrogens with zero attached hydrogens (tertiary/aromatic N) is 2. The largest absolute Gasteiger partial charge is 0.309 e. The Labute approximate surface area is 332 Å². The molecule has 3 heteroatoms. The second kappa shape index (κ2) is 12.5. The first-order chi connectivity index (χ1) is 28.3. The molecule has 3 heterocycles. The summed E-state index contributed by atoms with van der Waals surface area (Å²) in [6.45, 7) is 0. The summed E-state index contributed by atoms with van der Waals surface area (Å²) in [6.07, 6.45) is 0. The number of hydrogen-bond donors (Lipinski definition) is 0. The standard InChI is InChI=1S/C54H36N2S/c1-4-16-39(17-5-1)55-49-25-13-10-22-43(49)46-34-37(28-31-51(46)55)38-29-32-52-47(35-38)44-23-11-14-26-50(44)56(52)40-30-33-54-48(36-40)45-24-12-15-27-53(45)57(54,41-18-6-2-7-19-41)42-20-8-3-9-21-42/h1-36H. The molecule has 0 amide bonds. The number of aromatic nitrogens is 2. The van der Waals surface area contributed by atoms with Gasteiger partial charge >= 0.3 is 0 Å². The fourth-order valence-electron chi connectivity index (χ4n) is 9.54. The van der Waals surface area contributed by atoms with Crippen molar-refractivity contribution in [3.05, 3.63) is 218 Å². The lowest BCUT2D eigenvalue weighted by molar-refractivity contribution is 1.17. The second-order valence-electron chi connectivity index (χ2n) is 14.9. The van der Waals surface area contributed by atoms with Gasteiger partial charge in [-0.05, 0) is 119 Å². The lowest BCUT2D eigenvalue weighted by Gasteiger charge is -2.39. The van der Waals surface area contributed by atoms with Gasteiger partial charge in [0.05, 0.1) is 22.1 Å². The van der Waals surface area contributed by atoms with E-state index in [0.717, 1.165) is 0 Å². The Bertz CT molecular complexity index is 3300. The summed E-state index contributed by atoms with van der Waals surface area (Å²) in [5, 5.41) is 5.03. The van der Waals surface area contributed by atoms with E-state index in [4.69, 9.17) is 0 Å². The first kappa shape index (κ1) is 32.2. The van der Waals surface area contributed by atoms with Crippen LogP contribution in [0.3, 0.4) is 0 Å². The van der Waals surface area contributed by atoms with Gasteiger partial charge in [0.15, 0.2) is 0 Å². The van der Waals surface area contributed by atoms with Crippen molar-refractivity contribution in [1.29, 1.82) is 0 Å². The van der Waals surface area contributed by atoms with Crippen LogP contribution in [0.1, 0.15) is 0 Å². The summed E-state index contributed by atoms with van der Waals surface area (Å²) in [5.41, 5.74) is 12.3. The van der Waals surface area contributed by atoms with Crippen molar-refractivity contribution in [1.82, 2.24) is 9.13 Å². The monoisotopic (exact) mass is 744 g/mol. The molecule has 0 bridgehead atoms. The van der Waals surface area contributed by atoms with E-state index in [1.165, 1.54) is 96.8 Å². The smallest absolute Gasteiger partial charge is 0.0541 e. The average Bonchev–Trinajstić information content (AvgIpc) is 3.91. The Hall–Kier alpha value is -7.07. The van der Waals surface area contributed by atoms with Crippen LogP contribution in [0.2, 0.25) is 0 Å². The lowest BCUT2D eigenvalue weighted by Crippen LogP contribution is -2.02. The summed E-state index contributed by atoms with van der Waals surface area (Å²) in [7, 11) is -1.70. The fraction of sp³-hybridized carbons (Fsp3) is 0. The SMILES string of the molecule is c1ccc(-n2c3ccccc3c3cc(-c4ccc5c(c4)c4ccccc4n5-c4ccc5c(c4)-c4ccccc4S5(c4ccccc4)c4ccccc4)ccc32)cc1. The van der Waals surface area contributed by atoms with E-state index in [2.05, 4.69) is 228 Å². The maximum Gasteiger partial charge on any atom is 0.0541 e. The maximum absolute atomic E-state index is 2.47. The molecule has 12 rings (SSSR count). The van der Waals surface area contributed by atoms with E-state index in [1.807, 2.05) is 0 Å². The van der Waals surface area contributed by atoms with Crippen LogP contribution in [0.5, 0.6) is 0 Å². The van der Waals surface area contributed by atoms with Gasteiger partial charge in [-0.3, -0.25) is 0 Å². The Morgan fingerprint density at radius 1 is 0.281 bits per heavy atom. The van der Waals surface area contributed by atoms with Gasteiger partial charge in [-0.25, -0.2) is 0 Å². The fourth-order valence-corrected chi connectivity index (χ4v) is 13.8. The van der Waals surface area contributed by atoms with Crippen molar-refractivity contribution >= 4 is 53.6 Å². The van der Waals surface area contributed by atoms with E-state index in [0.29, 0.717) is 0 Å². The quantitative estimate of drug-likeness (QED) is 0.166. The number of fused-ring (bicyclic) bond motifs is 9. The molecular formula is C54H36N2S. The summed E-state index contributed by atoms with van der Waals surface area (Å²) < 4.78 is 4.85. The minimum absolute atomic E-state index is 1.17. The molecule has 1 aliphatic rings. The van der Waals surface area contributed by atoms with Crippen molar-refractivity contribution < 1.29 is 0 Å². The normalized spacial score (nSPS) is 13.6. The Morgan fingerprint density at radius 3 is 1.33 bits per heavy atom. The molecule has 9 aromatic carbocycles. The third-order valence-electron chi connectivity index (χ3n) is 11.9. The van der Waals surface area contributed by atoms with Gasteiger partial charge in [0.1, 0.15) is 0 Å². The van der Waals surface area contributed by atoms with E-state index in [1.54, 1.807) is 0 Å². The molecule has 11 aromatic rings. The molecule has 1 aliphatic heterocycles. The van der Waals surface area contributed by atoms with Crippen LogP contribution in [-0.2, 0) is 0 Å². The number of benzene rings is 9. The predicted molar refractivity (Wildman–Crippen MR) is 240 cm³/mol. The molecule has 0 unspecified atom stereocenters. The molecule has 0 radical (unpaired) electrons. The van der Waals surface area contributed by atoms with Crippen molar-refractivity contribution in [2.45, 2.75) is 19.6 Å². The van der Waals surface area contributed by atoms with Gasteiger partial charge in [-0.15, -0.1) is 10.0 Å². The van der Waals surface area contributed by atoms with Crippen LogP contribution < -0.4 is 0 Å². The molecule has 2 nitrogen and oxygen atoms in total. The van der Waals surface area contributed by atoms with Crippen LogP contribution in [0.4, 0.5) is 0 Å². The molecule has 2 aromatic heterocycles. The maximum atomic E-state index is 2.47. The van der Waals surface area contributed by atoms with E-state index >= 15 is 0 Å². The minimum atomic E-state index is -1.70. The van der Waals surface area contributed by atoms with Crippen molar-refractivity contribution in [3.63, 3.8) is 0 Å². The highest BCUT2D eigenvalue weighted by Crippen LogP contribution is 2.80. The van der Waals surface area contributed by atoms with Crippen LogP contribution >= 0.6 is 10.0 Å². The zero-order valence-electron chi connectivity index (χ0n) is 31.1. The summed E-state index contributed by atoms with van der Waals surface area (Å²) in [6, 6.07) is 80.9. The molecule has 57 heavy (non-hydrogen) atoms. The third kappa shape index (κ3) is 4.61. The van der Waals surface area contributed by atoms with E-state index in [9.17, 15) is 0 Å². The second-order valence-corrected chi connectivity index (χ2v) is 18.0. The predicted octanol–water partition coefficient (Wildman–Crippen LogP) is 14.9. The topological polar surface area (TPSA) is 9.86 Å². The minimum Gasteiger partial charge on any atom is -0.309 e. The number of rotatable bonds is 5. The van der Waals surface area contributed by atoms with Crippen molar-refractivity contribution in [3.8, 4) is 33.6 Å². The molecule has 0 spiro atoms.